The number of pyridine rings is 1. The van der Waals surface area contributed by atoms with Crippen molar-refractivity contribution in [3.63, 3.8) is 0 Å². The summed E-state index contributed by atoms with van der Waals surface area (Å²) in [6.45, 7) is 3.17. The molecule has 1 amide bonds. The van der Waals surface area contributed by atoms with Crippen LogP contribution in [0, 0.1) is 0 Å². The lowest BCUT2D eigenvalue weighted by Crippen LogP contribution is -2.24. The zero-order valence-corrected chi connectivity index (χ0v) is 9.62. The molecule has 1 aromatic heterocycles. The van der Waals surface area contributed by atoms with E-state index in [0.29, 0.717) is 25.4 Å². The molecule has 0 aliphatic carbocycles. The highest BCUT2D eigenvalue weighted by molar-refractivity contribution is 5.76. The normalized spacial score (nSPS) is 9.62. The minimum absolute atomic E-state index is 0.0519. The van der Waals surface area contributed by atoms with E-state index in [1.165, 1.54) is 0 Å². The molecule has 0 spiro atoms. The summed E-state index contributed by atoms with van der Waals surface area (Å²) in [5.74, 6) is 0.610. The summed E-state index contributed by atoms with van der Waals surface area (Å²) in [5.41, 5.74) is 0.899. The number of ether oxygens (including phenoxy) is 1. The molecule has 0 bridgehead atoms. The zero-order valence-electron chi connectivity index (χ0n) is 9.62. The lowest BCUT2D eigenvalue weighted by atomic mass is 10.3. The summed E-state index contributed by atoms with van der Waals surface area (Å²) in [5, 5.41) is 5.87. The van der Waals surface area contributed by atoms with E-state index < -0.39 is 0 Å². The third-order valence-corrected chi connectivity index (χ3v) is 2.00. The number of amides is 1. The van der Waals surface area contributed by atoms with Crippen LogP contribution in [0.4, 0.5) is 5.69 Å². The third-order valence-electron chi connectivity index (χ3n) is 2.00. The average molecular weight is 223 g/mol. The van der Waals surface area contributed by atoms with Gasteiger partial charge in [0.1, 0.15) is 0 Å². The van der Waals surface area contributed by atoms with Crippen LogP contribution in [0.3, 0.4) is 0 Å². The summed E-state index contributed by atoms with van der Waals surface area (Å²) in [6, 6.07) is 3.62. The van der Waals surface area contributed by atoms with Crippen molar-refractivity contribution in [2.24, 2.45) is 0 Å². The van der Waals surface area contributed by atoms with Gasteiger partial charge in [0.2, 0.25) is 11.8 Å². The zero-order chi connectivity index (χ0) is 11.8. The predicted molar refractivity (Wildman–Crippen MR) is 62.6 cm³/mol. The first-order valence-electron chi connectivity index (χ1n) is 5.27. The molecule has 0 aliphatic heterocycles. The summed E-state index contributed by atoms with van der Waals surface area (Å²) in [4.78, 5) is 15.2. The molecule has 0 unspecified atom stereocenters. The topological polar surface area (TPSA) is 63.2 Å². The SMILES string of the molecule is CCNC(=O)CCNc1ccnc(OC)c1. The number of carbonyl (C=O) groups is 1. The first kappa shape index (κ1) is 12.3. The molecule has 0 fully saturated rings. The number of carbonyl (C=O) groups excluding carboxylic acids is 1. The molecule has 0 aromatic carbocycles. The Balaban J connectivity index is 2.34. The molecule has 0 atom stereocenters. The van der Waals surface area contributed by atoms with E-state index in [-0.39, 0.29) is 5.91 Å². The minimum atomic E-state index is 0.0519. The van der Waals surface area contributed by atoms with E-state index in [0.717, 1.165) is 5.69 Å². The van der Waals surface area contributed by atoms with Gasteiger partial charge in [-0.25, -0.2) is 4.98 Å². The first-order valence-corrected chi connectivity index (χ1v) is 5.27. The Bertz CT molecular complexity index is 342. The summed E-state index contributed by atoms with van der Waals surface area (Å²) >= 11 is 0. The maximum atomic E-state index is 11.2. The largest absolute Gasteiger partial charge is 0.481 e. The molecule has 1 heterocycles. The van der Waals surface area contributed by atoms with Gasteiger partial charge in [0.05, 0.1) is 7.11 Å². The van der Waals surface area contributed by atoms with Crippen LogP contribution in [0.1, 0.15) is 13.3 Å². The third kappa shape index (κ3) is 4.16. The minimum Gasteiger partial charge on any atom is -0.481 e. The Kier molecular flexibility index (Phi) is 5.11. The maximum absolute atomic E-state index is 11.2. The fourth-order valence-electron chi connectivity index (χ4n) is 1.24. The van der Waals surface area contributed by atoms with Gasteiger partial charge in [0.15, 0.2) is 0 Å². The Hall–Kier alpha value is -1.78. The number of methoxy groups -OCH3 is 1. The highest BCUT2D eigenvalue weighted by Crippen LogP contribution is 2.12. The van der Waals surface area contributed by atoms with Crippen LogP contribution in [0.15, 0.2) is 18.3 Å². The second-order valence-electron chi connectivity index (χ2n) is 3.22. The predicted octanol–water partition coefficient (Wildman–Crippen LogP) is 1.03. The van der Waals surface area contributed by atoms with E-state index in [1.807, 2.05) is 13.0 Å². The molecule has 0 saturated carbocycles. The number of aromatic nitrogens is 1. The highest BCUT2D eigenvalue weighted by atomic mass is 16.5. The number of hydrogen-bond acceptors (Lipinski definition) is 4. The van der Waals surface area contributed by atoms with Crippen molar-refractivity contribution in [2.45, 2.75) is 13.3 Å². The van der Waals surface area contributed by atoms with E-state index in [9.17, 15) is 4.79 Å². The number of nitrogens with one attached hydrogen (secondary N) is 2. The standard InChI is InChI=1S/C11H17N3O2/c1-3-12-10(15)5-7-13-9-4-6-14-11(8-9)16-2/h4,6,8H,3,5,7H2,1-2H3,(H,12,15)(H,13,14). The summed E-state index contributed by atoms with van der Waals surface area (Å²) in [7, 11) is 1.57. The average Bonchev–Trinajstić information content (AvgIpc) is 2.30. The van der Waals surface area contributed by atoms with Crippen LogP contribution in [-0.4, -0.2) is 31.1 Å². The first-order chi connectivity index (χ1) is 7.76. The van der Waals surface area contributed by atoms with Crippen molar-refractivity contribution < 1.29 is 9.53 Å². The monoisotopic (exact) mass is 223 g/mol. The van der Waals surface area contributed by atoms with Crippen LogP contribution < -0.4 is 15.4 Å². The van der Waals surface area contributed by atoms with Gasteiger partial charge in [-0.1, -0.05) is 0 Å². The second-order valence-corrected chi connectivity index (χ2v) is 3.22. The van der Waals surface area contributed by atoms with Gasteiger partial charge in [-0.2, -0.15) is 0 Å². The van der Waals surface area contributed by atoms with Gasteiger partial charge in [-0.3, -0.25) is 4.79 Å². The van der Waals surface area contributed by atoms with E-state index in [4.69, 9.17) is 4.74 Å². The van der Waals surface area contributed by atoms with Crippen LogP contribution in [0.25, 0.3) is 0 Å². The van der Waals surface area contributed by atoms with Gasteiger partial charge < -0.3 is 15.4 Å². The van der Waals surface area contributed by atoms with Crippen LogP contribution in [-0.2, 0) is 4.79 Å². The van der Waals surface area contributed by atoms with Crippen molar-refractivity contribution in [1.82, 2.24) is 10.3 Å². The van der Waals surface area contributed by atoms with Gasteiger partial charge in [-0.15, -0.1) is 0 Å². The second kappa shape index (κ2) is 6.66. The molecule has 5 nitrogen and oxygen atoms in total. The van der Waals surface area contributed by atoms with E-state index >= 15 is 0 Å². The van der Waals surface area contributed by atoms with Crippen molar-refractivity contribution in [3.05, 3.63) is 18.3 Å². The molecule has 0 aliphatic rings. The lowest BCUT2D eigenvalue weighted by molar-refractivity contribution is -0.120. The molecular formula is C11H17N3O2. The fraction of sp³-hybridized carbons (Fsp3) is 0.455. The Morgan fingerprint density at radius 1 is 1.56 bits per heavy atom. The van der Waals surface area contributed by atoms with Crippen LogP contribution >= 0.6 is 0 Å². The van der Waals surface area contributed by atoms with Crippen molar-refractivity contribution in [2.75, 3.05) is 25.5 Å². The van der Waals surface area contributed by atoms with Crippen LogP contribution in [0.2, 0.25) is 0 Å². The Labute approximate surface area is 95.2 Å². The van der Waals surface area contributed by atoms with Crippen molar-refractivity contribution in [3.8, 4) is 5.88 Å². The van der Waals surface area contributed by atoms with Crippen molar-refractivity contribution >= 4 is 11.6 Å². The van der Waals surface area contributed by atoms with Gasteiger partial charge in [0.25, 0.3) is 0 Å². The van der Waals surface area contributed by atoms with Gasteiger partial charge in [0, 0.05) is 37.5 Å². The maximum Gasteiger partial charge on any atom is 0.221 e. The fourth-order valence-corrected chi connectivity index (χ4v) is 1.24. The molecule has 1 rings (SSSR count). The Morgan fingerprint density at radius 2 is 2.38 bits per heavy atom. The van der Waals surface area contributed by atoms with Crippen molar-refractivity contribution in [1.29, 1.82) is 0 Å². The summed E-state index contributed by atoms with van der Waals surface area (Å²) < 4.78 is 4.99. The van der Waals surface area contributed by atoms with E-state index in [1.54, 1.807) is 19.4 Å². The molecule has 0 saturated heterocycles. The number of rotatable bonds is 6. The molecule has 0 radical (unpaired) electrons. The number of anilines is 1. The molecule has 88 valence electrons. The van der Waals surface area contributed by atoms with Gasteiger partial charge in [-0.05, 0) is 13.0 Å². The quantitative estimate of drug-likeness (QED) is 0.756. The van der Waals surface area contributed by atoms with E-state index in [2.05, 4.69) is 15.6 Å². The van der Waals surface area contributed by atoms with Crippen LogP contribution in [0.5, 0.6) is 5.88 Å². The molecule has 1 aromatic rings. The van der Waals surface area contributed by atoms with Gasteiger partial charge >= 0.3 is 0 Å². The smallest absolute Gasteiger partial charge is 0.221 e. The number of nitrogens with zero attached hydrogens (tertiary/aromatic N) is 1. The highest BCUT2D eigenvalue weighted by Gasteiger charge is 1.99. The molecule has 5 heteroatoms. The Morgan fingerprint density at radius 3 is 3.06 bits per heavy atom. The summed E-state index contributed by atoms with van der Waals surface area (Å²) in [6.07, 6.45) is 2.12. The molecule has 2 N–H and O–H groups in total. The molecular weight excluding hydrogens is 206 g/mol. The number of hydrogen-bond donors (Lipinski definition) is 2. The lowest BCUT2D eigenvalue weighted by Gasteiger charge is -2.07. The molecule has 16 heavy (non-hydrogen) atoms.